The van der Waals surface area contributed by atoms with Gasteiger partial charge in [-0.3, -0.25) is 4.79 Å². The Balaban J connectivity index is 1.85. The molecule has 0 atom stereocenters. The van der Waals surface area contributed by atoms with Gasteiger partial charge in [-0.05, 0) is 88.7 Å². The maximum atomic E-state index is 13.0. The van der Waals surface area contributed by atoms with Crippen LogP contribution < -0.4 is 0 Å². The second kappa shape index (κ2) is 10.9. The molecule has 0 bridgehead atoms. The van der Waals surface area contributed by atoms with Crippen LogP contribution >= 0.6 is 11.8 Å². The van der Waals surface area contributed by atoms with Gasteiger partial charge in [0.25, 0.3) is 5.91 Å². The van der Waals surface area contributed by atoms with E-state index in [9.17, 15) is 4.79 Å². The number of rotatable bonds is 8. The topological polar surface area (TPSA) is 20.3 Å². The SMILES string of the molecule is CC(C)N(C(=O)c1cccc(CCC2CCC(CSC(C)(C)C)CC2)c1)C(C)C. The molecule has 1 aromatic rings. The standard InChI is InChI=1S/C26H43NOS/c1-19(2)27(20(3)4)25(28)24-10-8-9-22(17-24)14-11-21-12-15-23(16-13-21)18-29-26(5,6)7/h8-10,17,19-21,23H,11-16,18H2,1-7H3. The highest BCUT2D eigenvalue weighted by Crippen LogP contribution is 2.36. The van der Waals surface area contributed by atoms with E-state index >= 15 is 0 Å². The minimum atomic E-state index is 0.161. The summed E-state index contributed by atoms with van der Waals surface area (Å²) in [6.45, 7) is 15.4. The van der Waals surface area contributed by atoms with Crippen molar-refractivity contribution in [2.75, 3.05) is 5.75 Å². The van der Waals surface area contributed by atoms with Crippen LogP contribution in [0.25, 0.3) is 0 Å². The van der Waals surface area contributed by atoms with Crippen LogP contribution in [0.5, 0.6) is 0 Å². The van der Waals surface area contributed by atoms with Crippen molar-refractivity contribution in [2.45, 2.75) is 104 Å². The maximum absolute atomic E-state index is 13.0. The van der Waals surface area contributed by atoms with E-state index in [-0.39, 0.29) is 18.0 Å². The highest BCUT2D eigenvalue weighted by atomic mass is 32.2. The quantitative estimate of drug-likeness (QED) is 0.445. The van der Waals surface area contributed by atoms with Crippen LogP contribution in [-0.4, -0.2) is 33.4 Å². The second-order valence-corrected chi connectivity index (χ2v) is 12.3. The number of carbonyl (C=O) groups is 1. The summed E-state index contributed by atoms with van der Waals surface area (Å²) in [5.74, 6) is 3.25. The molecule has 1 aromatic carbocycles. The Morgan fingerprint density at radius 3 is 2.17 bits per heavy atom. The molecule has 0 saturated heterocycles. The lowest BCUT2D eigenvalue weighted by molar-refractivity contribution is 0.0643. The third kappa shape index (κ3) is 8.00. The van der Waals surface area contributed by atoms with Crippen LogP contribution in [0.2, 0.25) is 0 Å². The van der Waals surface area contributed by atoms with Gasteiger partial charge in [-0.25, -0.2) is 0 Å². The van der Waals surface area contributed by atoms with Gasteiger partial charge in [0.1, 0.15) is 0 Å². The summed E-state index contributed by atoms with van der Waals surface area (Å²) in [5, 5.41) is 0. The average molecular weight is 418 g/mol. The normalized spacial score (nSPS) is 20.3. The summed E-state index contributed by atoms with van der Waals surface area (Å²) in [5.41, 5.74) is 2.15. The van der Waals surface area contributed by atoms with Crippen LogP contribution in [0.4, 0.5) is 0 Å². The lowest BCUT2D eigenvalue weighted by atomic mass is 9.80. The zero-order valence-electron chi connectivity index (χ0n) is 19.8. The number of amides is 1. The van der Waals surface area contributed by atoms with Gasteiger partial charge in [0, 0.05) is 22.4 Å². The Bertz CT molecular complexity index is 630. The molecular weight excluding hydrogens is 374 g/mol. The molecule has 164 valence electrons. The predicted molar refractivity (Wildman–Crippen MR) is 129 cm³/mol. The first-order chi connectivity index (χ1) is 13.6. The third-order valence-corrected chi connectivity index (χ3v) is 7.58. The third-order valence-electron chi connectivity index (χ3n) is 6.08. The van der Waals surface area contributed by atoms with Crippen molar-refractivity contribution >= 4 is 17.7 Å². The van der Waals surface area contributed by atoms with Crippen LogP contribution in [0.3, 0.4) is 0 Å². The molecule has 1 amide bonds. The lowest BCUT2D eigenvalue weighted by Crippen LogP contribution is -2.42. The molecule has 0 heterocycles. The van der Waals surface area contributed by atoms with E-state index in [0.29, 0.717) is 4.75 Å². The first-order valence-electron chi connectivity index (χ1n) is 11.6. The molecule has 3 heteroatoms. The fraction of sp³-hybridized carbons (Fsp3) is 0.731. The molecule has 0 N–H and O–H groups in total. The number of aryl methyl sites for hydroxylation is 1. The molecule has 0 aliphatic heterocycles. The fourth-order valence-electron chi connectivity index (χ4n) is 4.50. The summed E-state index contributed by atoms with van der Waals surface area (Å²) in [6, 6.07) is 8.79. The highest BCUT2D eigenvalue weighted by molar-refractivity contribution is 8.00. The molecule has 0 unspecified atom stereocenters. The van der Waals surface area contributed by atoms with Gasteiger partial charge in [0.15, 0.2) is 0 Å². The molecule has 1 aliphatic carbocycles. The second-order valence-electron chi connectivity index (χ2n) is 10.4. The van der Waals surface area contributed by atoms with Crippen molar-refractivity contribution in [2.24, 2.45) is 11.8 Å². The number of hydrogen-bond donors (Lipinski definition) is 0. The summed E-state index contributed by atoms with van der Waals surface area (Å²) in [6.07, 6.45) is 7.89. The number of nitrogens with zero attached hydrogens (tertiary/aromatic N) is 1. The maximum Gasteiger partial charge on any atom is 0.254 e. The molecule has 1 saturated carbocycles. The van der Waals surface area contributed by atoms with E-state index in [1.165, 1.54) is 43.4 Å². The summed E-state index contributed by atoms with van der Waals surface area (Å²) >= 11 is 2.13. The number of thioether (sulfide) groups is 1. The van der Waals surface area contributed by atoms with Crippen molar-refractivity contribution in [3.05, 3.63) is 35.4 Å². The molecule has 2 nitrogen and oxygen atoms in total. The number of hydrogen-bond acceptors (Lipinski definition) is 2. The van der Waals surface area contributed by atoms with Crippen LogP contribution in [-0.2, 0) is 6.42 Å². The van der Waals surface area contributed by atoms with E-state index in [1.54, 1.807) is 0 Å². The van der Waals surface area contributed by atoms with Crippen molar-refractivity contribution < 1.29 is 4.79 Å². The Morgan fingerprint density at radius 1 is 1.03 bits per heavy atom. The summed E-state index contributed by atoms with van der Waals surface area (Å²) in [4.78, 5) is 15.0. The largest absolute Gasteiger partial charge is 0.334 e. The summed E-state index contributed by atoms with van der Waals surface area (Å²) in [7, 11) is 0. The Kier molecular flexibility index (Phi) is 9.13. The predicted octanol–water partition coefficient (Wildman–Crippen LogP) is 7.22. The summed E-state index contributed by atoms with van der Waals surface area (Å²) < 4.78 is 0.389. The van der Waals surface area contributed by atoms with Crippen molar-refractivity contribution in [1.29, 1.82) is 0 Å². The lowest BCUT2D eigenvalue weighted by Gasteiger charge is -2.31. The van der Waals surface area contributed by atoms with Crippen molar-refractivity contribution in [3.8, 4) is 0 Å². The van der Waals surface area contributed by atoms with E-state index in [1.807, 2.05) is 11.0 Å². The molecule has 2 rings (SSSR count). The monoisotopic (exact) mass is 417 g/mol. The molecule has 0 spiro atoms. The Hall–Kier alpha value is -0.960. The number of carbonyl (C=O) groups excluding carboxylic acids is 1. The van der Waals surface area contributed by atoms with Gasteiger partial charge < -0.3 is 4.90 Å². The van der Waals surface area contributed by atoms with Crippen LogP contribution in [0.15, 0.2) is 24.3 Å². The highest BCUT2D eigenvalue weighted by Gasteiger charge is 2.24. The molecule has 1 fully saturated rings. The van der Waals surface area contributed by atoms with Gasteiger partial charge in [-0.15, -0.1) is 0 Å². The van der Waals surface area contributed by atoms with Crippen LogP contribution in [0, 0.1) is 11.8 Å². The zero-order valence-corrected chi connectivity index (χ0v) is 20.6. The van der Waals surface area contributed by atoms with Crippen molar-refractivity contribution in [3.63, 3.8) is 0 Å². The molecule has 0 radical (unpaired) electrons. The first-order valence-corrected chi connectivity index (χ1v) is 12.6. The van der Waals surface area contributed by atoms with Crippen molar-refractivity contribution in [1.82, 2.24) is 4.90 Å². The zero-order chi connectivity index (χ0) is 21.6. The molecular formula is C26H43NOS. The van der Waals surface area contributed by atoms with E-state index in [2.05, 4.69) is 78.4 Å². The Labute approximate surface area is 184 Å². The molecule has 29 heavy (non-hydrogen) atoms. The minimum Gasteiger partial charge on any atom is -0.334 e. The van der Waals surface area contributed by atoms with E-state index in [0.717, 1.165) is 23.8 Å². The van der Waals surface area contributed by atoms with Gasteiger partial charge in [-0.1, -0.05) is 45.7 Å². The Morgan fingerprint density at radius 2 is 1.62 bits per heavy atom. The van der Waals surface area contributed by atoms with Crippen LogP contribution in [0.1, 0.15) is 96.5 Å². The van der Waals surface area contributed by atoms with Gasteiger partial charge in [0.05, 0.1) is 0 Å². The molecule has 0 aromatic heterocycles. The van der Waals surface area contributed by atoms with Gasteiger partial charge >= 0.3 is 0 Å². The smallest absolute Gasteiger partial charge is 0.254 e. The molecule has 1 aliphatic rings. The van der Waals surface area contributed by atoms with E-state index < -0.39 is 0 Å². The number of benzene rings is 1. The van der Waals surface area contributed by atoms with Gasteiger partial charge in [0.2, 0.25) is 0 Å². The minimum absolute atomic E-state index is 0.161. The fourth-order valence-corrected chi connectivity index (χ4v) is 5.57. The van der Waals surface area contributed by atoms with Gasteiger partial charge in [-0.2, -0.15) is 11.8 Å². The average Bonchev–Trinajstić information content (AvgIpc) is 2.64. The van der Waals surface area contributed by atoms with E-state index in [4.69, 9.17) is 0 Å². The first kappa shape index (κ1) is 24.3.